The number of ether oxygens (including phenoxy) is 1. The number of nitrogens with one attached hydrogen (secondary N) is 1. The third kappa shape index (κ3) is 5.10. The molecule has 0 fully saturated rings. The van der Waals surface area contributed by atoms with Gasteiger partial charge in [0.15, 0.2) is 0 Å². The number of fused-ring (bicyclic) bond motifs is 1. The van der Waals surface area contributed by atoms with E-state index in [2.05, 4.69) is 40.5 Å². The molecule has 1 aromatic rings. The zero-order valence-electron chi connectivity index (χ0n) is 14.4. The first-order valence-electron chi connectivity index (χ1n) is 8.02. The van der Waals surface area contributed by atoms with Gasteiger partial charge in [0.2, 0.25) is 0 Å². The van der Waals surface area contributed by atoms with Crippen LogP contribution in [0.25, 0.3) is 0 Å². The molecule has 3 rings (SSSR count). The van der Waals surface area contributed by atoms with Gasteiger partial charge in [-0.1, -0.05) is 6.07 Å². The van der Waals surface area contributed by atoms with Gasteiger partial charge in [-0.2, -0.15) is 0 Å². The number of carboxylic acids is 2. The number of benzene rings is 1. The van der Waals surface area contributed by atoms with Crippen LogP contribution in [0.3, 0.4) is 0 Å². The van der Waals surface area contributed by atoms with Gasteiger partial charge >= 0.3 is 11.9 Å². The highest BCUT2D eigenvalue weighted by atomic mass is 16.5. The van der Waals surface area contributed by atoms with E-state index < -0.39 is 11.9 Å². The number of aliphatic carboxylic acids is 2. The van der Waals surface area contributed by atoms with E-state index in [1.165, 1.54) is 17.1 Å². The molecule has 136 valence electrons. The normalized spacial score (nSPS) is 18.2. The third-order valence-electron chi connectivity index (χ3n) is 4.15. The summed E-state index contributed by atoms with van der Waals surface area (Å²) < 4.78 is 5.31. The van der Waals surface area contributed by atoms with Crippen molar-refractivity contribution in [2.45, 2.75) is 12.8 Å². The van der Waals surface area contributed by atoms with Crippen molar-refractivity contribution in [2.24, 2.45) is 10.9 Å². The van der Waals surface area contributed by atoms with Gasteiger partial charge in [0.1, 0.15) is 5.75 Å². The van der Waals surface area contributed by atoms with Gasteiger partial charge in [0, 0.05) is 38.3 Å². The van der Waals surface area contributed by atoms with E-state index in [1.54, 1.807) is 7.11 Å². The summed E-state index contributed by atoms with van der Waals surface area (Å²) in [5.41, 5.74) is 2.72. The molecule has 0 radical (unpaired) electrons. The number of hydrogen-bond acceptors (Lipinski definition) is 6. The van der Waals surface area contributed by atoms with Crippen molar-refractivity contribution in [1.29, 1.82) is 0 Å². The SMILES string of the molecule is COc1ccc2c(c1)N(C)CC(CC1=NCCN1)C2.O=C(O)C(=O)O. The van der Waals surface area contributed by atoms with Crippen molar-refractivity contribution in [3.63, 3.8) is 0 Å². The smallest absolute Gasteiger partial charge is 0.414 e. The summed E-state index contributed by atoms with van der Waals surface area (Å²) in [6, 6.07) is 6.39. The topological polar surface area (TPSA) is 111 Å². The Bertz CT molecular complexity index is 662. The minimum Gasteiger partial charge on any atom is -0.497 e. The minimum absolute atomic E-state index is 0.648. The Balaban J connectivity index is 0.000000326. The van der Waals surface area contributed by atoms with Crippen molar-refractivity contribution in [3.05, 3.63) is 23.8 Å². The third-order valence-corrected chi connectivity index (χ3v) is 4.15. The van der Waals surface area contributed by atoms with Crippen LogP contribution in [-0.2, 0) is 16.0 Å². The zero-order chi connectivity index (χ0) is 18.4. The van der Waals surface area contributed by atoms with Gasteiger partial charge in [-0.05, 0) is 24.0 Å². The first kappa shape index (κ1) is 18.6. The van der Waals surface area contributed by atoms with Gasteiger partial charge in [-0.15, -0.1) is 0 Å². The number of anilines is 1. The minimum atomic E-state index is -1.82. The van der Waals surface area contributed by atoms with Gasteiger partial charge in [-0.3, -0.25) is 4.99 Å². The van der Waals surface area contributed by atoms with Gasteiger partial charge in [0.25, 0.3) is 0 Å². The molecular weight excluding hydrogens is 326 g/mol. The molecule has 1 atom stereocenters. The Morgan fingerprint density at radius 2 is 2.08 bits per heavy atom. The van der Waals surface area contributed by atoms with Crippen molar-refractivity contribution in [2.75, 3.05) is 38.7 Å². The first-order valence-corrected chi connectivity index (χ1v) is 8.02. The second-order valence-electron chi connectivity index (χ2n) is 6.01. The lowest BCUT2D eigenvalue weighted by atomic mass is 9.90. The van der Waals surface area contributed by atoms with Crippen LogP contribution in [0.5, 0.6) is 5.75 Å². The fourth-order valence-corrected chi connectivity index (χ4v) is 3.05. The zero-order valence-corrected chi connectivity index (χ0v) is 14.4. The number of nitrogens with zero attached hydrogens (tertiary/aromatic N) is 2. The predicted molar refractivity (Wildman–Crippen MR) is 93.7 cm³/mol. The summed E-state index contributed by atoms with van der Waals surface area (Å²) >= 11 is 0. The summed E-state index contributed by atoms with van der Waals surface area (Å²) in [5, 5.41) is 18.2. The van der Waals surface area contributed by atoms with Crippen LogP contribution in [0.15, 0.2) is 23.2 Å². The van der Waals surface area contributed by atoms with Crippen molar-refractivity contribution in [3.8, 4) is 5.75 Å². The van der Waals surface area contributed by atoms with Crippen LogP contribution in [0.2, 0.25) is 0 Å². The van der Waals surface area contributed by atoms with E-state index in [0.717, 1.165) is 38.2 Å². The molecule has 0 saturated heterocycles. The van der Waals surface area contributed by atoms with Gasteiger partial charge < -0.3 is 25.2 Å². The fraction of sp³-hybridized carbons (Fsp3) is 0.471. The number of hydrogen-bond donors (Lipinski definition) is 3. The Kier molecular flexibility index (Phi) is 6.21. The van der Waals surface area contributed by atoms with Crippen molar-refractivity contribution < 1.29 is 24.5 Å². The average Bonchev–Trinajstić information content (AvgIpc) is 3.08. The van der Waals surface area contributed by atoms with E-state index in [1.807, 2.05) is 0 Å². The fourth-order valence-electron chi connectivity index (χ4n) is 3.05. The van der Waals surface area contributed by atoms with Crippen LogP contribution < -0.4 is 15.0 Å². The average molecular weight is 349 g/mol. The molecule has 1 unspecified atom stereocenters. The first-order chi connectivity index (χ1) is 11.9. The van der Waals surface area contributed by atoms with Crippen molar-refractivity contribution >= 4 is 23.5 Å². The molecular formula is C17H23N3O5. The molecule has 0 aromatic heterocycles. The van der Waals surface area contributed by atoms with Crippen LogP contribution in [-0.4, -0.2) is 61.8 Å². The number of carbonyl (C=O) groups is 2. The lowest BCUT2D eigenvalue weighted by Gasteiger charge is -2.33. The van der Waals surface area contributed by atoms with Crippen LogP contribution in [0, 0.1) is 5.92 Å². The molecule has 0 amide bonds. The maximum atomic E-state index is 9.10. The number of methoxy groups -OCH3 is 1. The molecule has 0 saturated carbocycles. The summed E-state index contributed by atoms with van der Waals surface area (Å²) in [6.07, 6.45) is 2.19. The number of aliphatic imine (C=N–C) groups is 1. The highest BCUT2D eigenvalue weighted by Crippen LogP contribution is 2.33. The molecule has 2 aliphatic rings. The van der Waals surface area contributed by atoms with Gasteiger partial charge in [0.05, 0.1) is 19.5 Å². The maximum absolute atomic E-state index is 9.10. The molecule has 8 heteroatoms. The summed E-state index contributed by atoms with van der Waals surface area (Å²) in [7, 11) is 3.88. The quantitative estimate of drug-likeness (QED) is 0.694. The second kappa shape index (κ2) is 8.36. The largest absolute Gasteiger partial charge is 0.497 e. The van der Waals surface area contributed by atoms with Crippen molar-refractivity contribution in [1.82, 2.24) is 5.32 Å². The monoisotopic (exact) mass is 349 g/mol. The maximum Gasteiger partial charge on any atom is 0.414 e. The Morgan fingerprint density at radius 1 is 1.36 bits per heavy atom. The highest BCUT2D eigenvalue weighted by molar-refractivity contribution is 6.27. The molecule has 1 aromatic carbocycles. The van der Waals surface area contributed by atoms with E-state index in [0.29, 0.717) is 5.92 Å². The summed E-state index contributed by atoms with van der Waals surface area (Å²) in [6.45, 7) is 3.03. The lowest BCUT2D eigenvalue weighted by Crippen LogP contribution is -2.35. The molecule has 0 bridgehead atoms. The molecule has 2 aliphatic heterocycles. The standard InChI is InChI=1S/C15H21N3O.C2H2O4/c1-18-10-11(8-15-16-5-6-17-15)7-12-3-4-13(19-2)9-14(12)18;3-1(4)2(5)6/h3-4,9,11H,5-8,10H2,1-2H3,(H,16,17);(H,3,4)(H,5,6). The van der Waals surface area contributed by atoms with Crippen LogP contribution >= 0.6 is 0 Å². The Hall–Kier alpha value is -2.77. The van der Waals surface area contributed by atoms with Gasteiger partial charge in [-0.25, -0.2) is 9.59 Å². The predicted octanol–water partition coefficient (Wildman–Crippen LogP) is 0.851. The van der Waals surface area contributed by atoms with E-state index in [9.17, 15) is 0 Å². The Labute approximate surface area is 146 Å². The molecule has 3 N–H and O–H groups in total. The lowest BCUT2D eigenvalue weighted by molar-refractivity contribution is -0.159. The van der Waals surface area contributed by atoms with Crippen LogP contribution in [0.4, 0.5) is 5.69 Å². The number of carboxylic acid groups (broad SMARTS) is 2. The van der Waals surface area contributed by atoms with Crippen LogP contribution in [0.1, 0.15) is 12.0 Å². The van der Waals surface area contributed by atoms with E-state index in [-0.39, 0.29) is 0 Å². The highest BCUT2D eigenvalue weighted by Gasteiger charge is 2.24. The molecule has 25 heavy (non-hydrogen) atoms. The number of rotatable bonds is 3. The van der Waals surface area contributed by atoms with E-state index >= 15 is 0 Å². The summed E-state index contributed by atoms with van der Waals surface area (Å²) in [4.78, 5) is 25.0. The molecule has 8 nitrogen and oxygen atoms in total. The summed E-state index contributed by atoms with van der Waals surface area (Å²) in [5.74, 6) is -0.874. The molecule has 0 spiro atoms. The van der Waals surface area contributed by atoms with E-state index in [4.69, 9.17) is 24.5 Å². The second-order valence-corrected chi connectivity index (χ2v) is 6.01. The molecule has 0 aliphatic carbocycles. The Morgan fingerprint density at radius 3 is 2.64 bits per heavy atom. The number of amidine groups is 1. The molecule has 2 heterocycles.